The fraction of sp³-hybridized carbons (Fsp3) is 0.314. The molecule has 1 saturated heterocycles. The van der Waals surface area contributed by atoms with E-state index < -0.39 is 8.32 Å². The number of nitrogens with one attached hydrogen (secondary N) is 1. The monoisotopic (exact) mass is 903 g/mol. The Balaban J connectivity index is 1.15. The van der Waals surface area contributed by atoms with Gasteiger partial charge >= 0.3 is 0 Å². The lowest BCUT2D eigenvalue weighted by atomic mass is 10.1. The highest BCUT2D eigenvalue weighted by Crippen LogP contribution is 2.41. The number of methoxy groups -OCH3 is 2. The second-order valence-electron chi connectivity index (χ2n) is 17.6. The predicted molar refractivity (Wildman–Crippen MR) is 261 cm³/mol. The minimum atomic E-state index is -2.88. The molecule has 1 fully saturated rings. The second kappa shape index (κ2) is 19.0. The van der Waals surface area contributed by atoms with Crippen molar-refractivity contribution in [3.63, 3.8) is 0 Å². The highest BCUT2D eigenvalue weighted by Gasteiger charge is 2.50. The lowest BCUT2D eigenvalue weighted by Gasteiger charge is -2.43. The van der Waals surface area contributed by atoms with Gasteiger partial charge in [0.15, 0.2) is 12.0 Å². The van der Waals surface area contributed by atoms with Crippen molar-refractivity contribution in [1.29, 1.82) is 0 Å². The van der Waals surface area contributed by atoms with Crippen LogP contribution in [-0.4, -0.2) is 76.8 Å². The second-order valence-corrected chi connectivity index (χ2v) is 21.9. The first-order valence-electron chi connectivity index (χ1n) is 22.5. The van der Waals surface area contributed by atoms with Gasteiger partial charge in [-0.3, -0.25) is 4.68 Å². The molecule has 0 amide bonds. The number of benzene rings is 4. The van der Waals surface area contributed by atoms with E-state index >= 15 is 0 Å². The average molecular weight is 904 g/mol. The molecule has 0 saturated carbocycles. The van der Waals surface area contributed by atoms with E-state index in [1.54, 1.807) is 25.2 Å². The van der Waals surface area contributed by atoms with Gasteiger partial charge in [-0.1, -0.05) is 87.5 Å². The number of aromatic nitrogens is 7. The molecular weight excluding hydrogens is 847 g/mol. The van der Waals surface area contributed by atoms with Crippen molar-refractivity contribution in [3.05, 3.63) is 133 Å². The Morgan fingerprint density at radius 1 is 0.879 bits per heavy atom. The van der Waals surface area contributed by atoms with E-state index in [2.05, 4.69) is 104 Å². The molecule has 66 heavy (non-hydrogen) atoms. The third kappa shape index (κ3) is 8.68. The molecule has 0 aliphatic carbocycles. The predicted octanol–water partition coefficient (Wildman–Crippen LogP) is 9.25. The van der Waals surface area contributed by atoms with Gasteiger partial charge < -0.3 is 33.6 Å². The van der Waals surface area contributed by atoms with Crippen molar-refractivity contribution in [3.8, 4) is 23.1 Å². The zero-order valence-electron chi connectivity index (χ0n) is 38.7. The van der Waals surface area contributed by atoms with Crippen molar-refractivity contribution in [2.75, 3.05) is 44.2 Å². The van der Waals surface area contributed by atoms with Gasteiger partial charge in [-0.15, -0.1) is 0 Å². The molecule has 4 aromatic carbocycles. The summed E-state index contributed by atoms with van der Waals surface area (Å²) in [5.74, 6) is 4.16. The van der Waals surface area contributed by atoms with Crippen LogP contribution >= 0.6 is 0 Å². The van der Waals surface area contributed by atoms with Crippen LogP contribution in [0.15, 0.2) is 122 Å². The smallest absolute Gasteiger partial charge is 0.261 e. The molecule has 0 radical (unpaired) electrons. The highest BCUT2D eigenvalue weighted by molar-refractivity contribution is 6.99. The Labute approximate surface area is 386 Å². The Hall–Kier alpha value is -6.81. The van der Waals surface area contributed by atoms with Gasteiger partial charge in [0, 0.05) is 56.7 Å². The maximum atomic E-state index is 7.43. The number of aryl methyl sites for hydroxylation is 2. The standard InChI is InChI=1S/C51H57N9O5Si/c1-35-21-24-42-40(33-55-60(42)46-20-14-15-28-63-46)48(35)65-50-47-41(53-34-54-49(47)52-32-36-22-23-37(61-6)30-43(36)62-7)31-45(56-50)59(44-25-26-58(5)57-44)27-29-64-66(51(2,3)4,38-16-10-8-11-17-38)39-18-12-9-13-19-39/h8-13,16-19,21-26,30-31,33-34,46H,14-15,20,27-29,32H2,1-7H3,(H,52,53,54). The summed E-state index contributed by atoms with van der Waals surface area (Å²) in [6.45, 7) is 10.8. The van der Waals surface area contributed by atoms with Crippen LogP contribution in [0.2, 0.25) is 5.04 Å². The van der Waals surface area contributed by atoms with E-state index in [1.807, 2.05) is 61.4 Å². The van der Waals surface area contributed by atoms with Gasteiger partial charge in [-0.25, -0.2) is 14.6 Å². The van der Waals surface area contributed by atoms with E-state index in [-0.39, 0.29) is 11.3 Å². The minimum absolute atomic E-state index is 0.147. The summed E-state index contributed by atoms with van der Waals surface area (Å²) < 4.78 is 35.7. The molecule has 5 heterocycles. The lowest BCUT2D eigenvalue weighted by molar-refractivity contribution is -0.0366. The van der Waals surface area contributed by atoms with Gasteiger partial charge in [0.05, 0.1) is 43.4 Å². The van der Waals surface area contributed by atoms with Crippen LogP contribution in [0.5, 0.6) is 23.1 Å². The van der Waals surface area contributed by atoms with Crippen molar-refractivity contribution >= 4 is 58.0 Å². The van der Waals surface area contributed by atoms with Crippen LogP contribution in [0, 0.1) is 6.92 Å². The normalized spacial score (nSPS) is 14.4. The van der Waals surface area contributed by atoms with Crippen LogP contribution in [0.1, 0.15) is 57.4 Å². The first kappa shape index (κ1) is 44.4. The Morgan fingerprint density at radius 3 is 2.32 bits per heavy atom. The summed E-state index contributed by atoms with van der Waals surface area (Å²) in [4.78, 5) is 17.1. The number of ether oxygens (including phenoxy) is 4. The largest absolute Gasteiger partial charge is 0.497 e. The van der Waals surface area contributed by atoms with E-state index in [9.17, 15) is 0 Å². The molecule has 14 nitrogen and oxygen atoms in total. The van der Waals surface area contributed by atoms with Gasteiger partial charge in [-0.05, 0) is 65.4 Å². The van der Waals surface area contributed by atoms with Crippen molar-refractivity contribution < 1.29 is 23.4 Å². The molecular formula is C51H57N9O5Si. The van der Waals surface area contributed by atoms with Crippen LogP contribution in [0.25, 0.3) is 21.8 Å². The lowest BCUT2D eigenvalue weighted by Crippen LogP contribution is -2.67. The summed E-state index contributed by atoms with van der Waals surface area (Å²) in [7, 11) is 2.32. The van der Waals surface area contributed by atoms with Gasteiger partial charge in [0.1, 0.15) is 40.6 Å². The van der Waals surface area contributed by atoms with Crippen molar-refractivity contribution in [1.82, 2.24) is 34.5 Å². The quantitative estimate of drug-likeness (QED) is 0.0927. The zero-order chi connectivity index (χ0) is 45.8. The summed E-state index contributed by atoms with van der Waals surface area (Å²) >= 11 is 0. The van der Waals surface area contributed by atoms with Crippen LogP contribution in [0.3, 0.4) is 0 Å². The van der Waals surface area contributed by atoms with E-state index in [0.717, 1.165) is 41.3 Å². The summed E-state index contributed by atoms with van der Waals surface area (Å²) in [6, 6.07) is 35.2. The first-order chi connectivity index (χ1) is 32.1. The molecule has 0 spiro atoms. The SMILES string of the molecule is COc1ccc(CNc2ncnc3cc(N(CCO[Si](c4ccccc4)(c4ccccc4)C(C)(C)C)c4ccn(C)n4)nc(Oc4c(C)ccc5c4cnn5C4CCCCO4)c23)c(OC)c1. The maximum absolute atomic E-state index is 7.43. The van der Waals surface area contributed by atoms with Crippen LogP contribution < -0.4 is 34.8 Å². The number of pyridine rings is 1. The molecule has 15 heteroatoms. The number of anilines is 3. The molecule has 4 aromatic heterocycles. The Bertz CT molecular complexity index is 2890. The molecule has 9 rings (SSSR count). The zero-order valence-corrected chi connectivity index (χ0v) is 39.7. The molecule has 1 atom stereocenters. The Morgan fingerprint density at radius 2 is 1.65 bits per heavy atom. The highest BCUT2D eigenvalue weighted by atomic mass is 28.4. The van der Waals surface area contributed by atoms with Crippen LogP contribution in [-0.2, 0) is 22.8 Å². The number of fused-ring (bicyclic) bond motifs is 2. The fourth-order valence-corrected chi connectivity index (χ4v) is 13.6. The third-order valence-corrected chi connectivity index (χ3v) is 17.4. The van der Waals surface area contributed by atoms with E-state index in [4.69, 9.17) is 48.5 Å². The van der Waals surface area contributed by atoms with Crippen molar-refractivity contribution in [2.24, 2.45) is 7.05 Å². The molecule has 8 aromatic rings. The first-order valence-corrected chi connectivity index (χ1v) is 24.4. The summed E-state index contributed by atoms with van der Waals surface area (Å²) in [5, 5.41) is 17.0. The van der Waals surface area contributed by atoms with E-state index in [1.165, 1.54) is 10.4 Å². The number of nitrogens with zero attached hydrogens (tertiary/aromatic N) is 8. The van der Waals surface area contributed by atoms with Gasteiger partial charge in [0.25, 0.3) is 8.32 Å². The molecule has 340 valence electrons. The maximum Gasteiger partial charge on any atom is 0.261 e. The minimum Gasteiger partial charge on any atom is -0.497 e. The summed E-state index contributed by atoms with van der Waals surface area (Å²) in [6.07, 6.45) is 8.21. The number of hydrogen-bond donors (Lipinski definition) is 1. The topological polar surface area (TPSA) is 136 Å². The van der Waals surface area contributed by atoms with Gasteiger partial charge in [-0.2, -0.15) is 15.2 Å². The fourth-order valence-electron chi connectivity index (χ4n) is 9.08. The van der Waals surface area contributed by atoms with Gasteiger partial charge in [0.2, 0.25) is 5.88 Å². The molecule has 0 bridgehead atoms. The van der Waals surface area contributed by atoms with E-state index in [0.29, 0.717) is 77.8 Å². The van der Waals surface area contributed by atoms with Crippen molar-refractivity contribution in [2.45, 2.75) is 64.8 Å². The molecule has 1 N–H and O–H groups in total. The number of rotatable bonds is 16. The summed E-state index contributed by atoms with van der Waals surface area (Å²) in [5.41, 5.74) is 3.37. The third-order valence-electron chi connectivity index (χ3n) is 12.4. The Kier molecular flexibility index (Phi) is 12.8. The molecule has 1 aliphatic heterocycles. The average Bonchev–Trinajstić information content (AvgIpc) is 3.98. The number of hydrogen-bond acceptors (Lipinski definition) is 12. The molecule has 1 unspecified atom stereocenters. The molecule has 1 aliphatic rings. The van der Waals surface area contributed by atoms with Crippen LogP contribution in [0.4, 0.5) is 17.5 Å².